The highest BCUT2D eigenvalue weighted by atomic mass is 16.3. The Kier molecular flexibility index (Phi) is 5.16. The molecule has 2 aromatic heterocycles. The number of rotatable bonds is 3. The van der Waals surface area contributed by atoms with Crippen LogP contribution in [-0.4, -0.2) is 29.0 Å². The van der Waals surface area contributed by atoms with E-state index in [9.17, 15) is 4.79 Å². The van der Waals surface area contributed by atoms with E-state index in [0.717, 1.165) is 61.2 Å². The quantitative estimate of drug-likeness (QED) is 0.675. The smallest absolute Gasteiger partial charge is 0.231 e. The summed E-state index contributed by atoms with van der Waals surface area (Å²) in [6.07, 6.45) is 5.12. The molecule has 1 saturated heterocycles. The lowest BCUT2D eigenvalue weighted by molar-refractivity contribution is -0.126. The fourth-order valence-electron chi connectivity index (χ4n) is 5.14. The van der Waals surface area contributed by atoms with Crippen LogP contribution in [0.15, 0.2) is 28.7 Å². The summed E-state index contributed by atoms with van der Waals surface area (Å²) in [5.41, 5.74) is 4.37. The lowest BCUT2D eigenvalue weighted by Gasteiger charge is -2.35. The summed E-state index contributed by atoms with van der Waals surface area (Å²) in [6.45, 7) is 7.48. The Hall–Kier alpha value is -2.89. The van der Waals surface area contributed by atoms with E-state index in [4.69, 9.17) is 9.40 Å². The van der Waals surface area contributed by atoms with E-state index in [1.54, 1.807) is 0 Å². The normalized spacial score (nSPS) is 21.2. The van der Waals surface area contributed by atoms with Gasteiger partial charge in [0, 0.05) is 18.7 Å². The molecule has 1 amide bonds. The monoisotopic (exact) mass is 418 g/mol. The second kappa shape index (κ2) is 7.98. The molecule has 1 aliphatic heterocycles. The molecule has 1 N–H and O–H groups in total. The van der Waals surface area contributed by atoms with E-state index < -0.39 is 0 Å². The van der Waals surface area contributed by atoms with Gasteiger partial charge >= 0.3 is 0 Å². The van der Waals surface area contributed by atoms with Crippen LogP contribution in [0.3, 0.4) is 0 Å². The second-order valence-electron chi connectivity index (χ2n) is 9.00. The fraction of sp³-hybridized carbons (Fsp3) is 0.480. The standard InChI is InChI=1S/C25H30N4O2/c1-15-16(2)31-25-22(15)23(26-17(3)27-25)29-13-7-10-19(14-29)24(30)28-21-12-6-9-18-8-4-5-11-20(18)21/h4-5,8,11,19,21H,6-7,9-10,12-14H2,1-3H3,(H,28,30). The minimum absolute atomic E-state index is 0.0403. The van der Waals surface area contributed by atoms with E-state index in [-0.39, 0.29) is 17.9 Å². The van der Waals surface area contributed by atoms with Gasteiger partial charge in [-0.3, -0.25) is 4.79 Å². The number of benzene rings is 1. The number of hydrogen-bond acceptors (Lipinski definition) is 5. The summed E-state index contributed by atoms with van der Waals surface area (Å²) in [5.74, 6) is 2.59. The van der Waals surface area contributed by atoms with Crippen molar-refractivity contribution in [2.45, 2.75) is 58.9 Å². The molecule has 6 nitrogen and oxygen atoms in total. The highest BCUT2D eigenvalue weighted by Gasteiger charge is 2.31. The van der Waals surface area contributed by atoms with Crippen LogP contribution in [-0.2, 0) is 11.2 Å². The molecule has 6 heteroatoms. The number of amides is 1. The fourth-order valence-corrected chi connectivity index (χ4v) is 5.14. The number of nitrogens with one attached hydrogen (secondary N) is 1. The molecule has 162 valence electrons. The van der Waals surface area contributed by atoms with E-state index in [1.807, 2.05) is 13.8 Å². The third-order valence-electron chi connectivity index (χ3n) is 6.90. The highest BCUT2D eigenvalue weighted by Crippen LogP contribution is 2.34. The summed E-state index contributed by atoms with van der Waals surface area (Å²) < 4.78 is 5.86. The molecule has 0 spiro atoms. The molecule has 5 rings (SSSR count). The Morgan fingerprint density at radius 3 is 2.84 bits per heavy atom. The molecule has 0 radical (unpaired) electrons. The Morgan fingerprint density at radius 2 is 1.97 bits per heavy atom. The van der Waals surface area contributed by atoms with Crippen LogP contribution >= 0.6 is 0 Å². The van der Waals surface area contributed by atoms with Crippen LogP contribution in [0.5, 0.6) is 0 Å². The maximum atomic E-state index is 13.3. The number of aryl methyl sites for hydroxylation is 4. The first-order chi connectivity index (χ1) is 15.0. The second-order valence-corrected chi connectivity index (χ2v) is 9.00. The van der Waals surface area contributed by atoms with Gasteiger partial charge in [0.2, 0.25) is 11.6 Å². The van der Waals surface area contributed by atoms with Gasteiger partial charge in [-0.2, -0.15) is 4.98 Å². The third kappa shape index (κ3) is 3.68. The highest BCUT2D eigenvalue weighted by molar-refractivity contribution is 5.91. The number of hydrogen-bond donors (Lipinski definition) is 1. The largest absolute Gasteiger partial charge is 0.443 e. The van der Waals surface area contributed by atoms with Gasteiger partial charge in [0.05, 0.1) is 17.3 Å². The molecule has 1 aliphatic carbocycles. The van der Waals surface area contributed by atoms with Crippen molar-refractivity contribution < 1.29 is 9.21 Å². The van der Waals surface area contributed by atoms with Crippen molar-refractivity contribution in [3.05, 3.63) is 52.5 Å². The van der Waals surface area contributed by atoms with Crippen molar-refractivity contribution in [3.8, 4) is 0 Å². The number of aromatic nitrogens is 2. The summed E-state index contributed by atoms with van der Waals surface area (Å²) in [4.78, 5) is 24.8. The van der Waals surface area contributed by atoms with Gasteiger partial charge in [0.25, 0.3) is 0 Å². The number of anilines is 1. The number of carbonyl (C=O) groups excluding carboxylic acids is 1. The molecule has 2 aliphatic rings. The van der Waals surface area contributed by atoms with Crippen molar-refractivity contribution in [3.63, 3.8) is 0 Å². The van der Waals surface area contributed by atoms with Crippen LogP contribution < -0.4 is 10.2 Å². The van der Waals surface area contributed by atoms with Gasteiger partial charge in [0.1, 0.15) is 17.4 Å². The molecule has 31 heavy (non-hydrogen) atoms. The third-order valence-corrected chi connectivity index (χ3v) is 6.90. The van der Waals surface area contributed by atoms with Crippen molar-refractivity contribution in [1.82, 2.24) is 15.3 Å². The lowest BCUT2D eigenvalue weighted by atomic mass is 9.87. The summed E-state index contributed by atoms with van der Waals surface area (Å²) in [7, 11) is 0. The summed E-state index contributed by atoms with van der Waals surface area (Å²) >= 11 is 0. The average molecular weight is 419 g/mol. The van der Waals surface area contributed by atoms with E-state index >= 15 is 0 Å². The van der Waals surface area contributed by atoms with Gasteiger partial charge in [-0.25, -0.2) is 4.98 Å². The lowest BCUT2D eigenvalue weighted by Crippen LogP contribution is -2.44. The molecular weight excluding hydrogens is 388 g/mol. The predicted molar refractivity (Wildman–Crippen MR) is 121 cm³/mol. The zero-order valence-corrected chi connectivity index (χ0v) is 18.6. The number of piperidine rings is 1. The van der Waals surface area contributed by atoms with Crippen molar-refractivity contribution >= 4 is 22.8 Å². The summed E-state index contributed by atoms with van der Waals surface area (Å²) in [6, 6.07) is 8.64. The van der Waals surface area contributed by atoms with Crippen LogP contribution in [0, 0.1) is 26.7 Å². The van der Waals surface area contributed by atoms with Crippen molar-refractivity contribution in [2.24, 2.45) is 5.92 Å². The first kappa shape index (κ1) is 20.0. The van der Waals surface area contributed by atoms with E-state index in [2.05, 4.69) is 46.4 Å². The maximum Gasteiger partial charge on any atom is 0.231 e. The van der Waals surface area contributed by atoms with Gasteiger partial charge in [-0.1, -0.05) is 24.3 Å². The topological polar surface area (TPSA) is 71.3 Å². The number of nitrogens with zero attached hydrogens (tertiary/aromatic N) is 3. The molecule has 3 heterocycles. The van der Waals surface area contributed by atoms with Crippen LogP contribution in [0.25, 0.3) is 11.1 Å². The zero-order chi connectivity index (χ0) is 21.5. The number of fused-ring (bicyclic) bond motifs is 2. The average Bonchev–Trinajstić information content (AvgIpc) is 3.06. The van der Waals surface area contributed by atoms with Gasteiger partial charge in [-0.05, 0) is 64.0 Å². The minimum Gasteiger partial charge on any atom is -0.443 e. The van der Waals surface area contributed by atoms with Gasteiger partial charge in [0.15, 0.2) is 0 Å². The Morgan fingerprint density at radius 1 is 1.13 bits per heavy atom. The molecule has 2 atom stereocenters. The van der Waals surface area contributed by atoms with Crippen LogP contribution in [0.4, 0.5) is 5.82 Å². The predicted octanol–water partition coefficient (Wildman–Crippen LogP) is 4.56. The molecule has 0 saturated carbocycles. The summed E-state index contributed by atoms with van der Waals surface area (Å²) in [5, 5.41) is 4.34. The van der Waals surface area contributed by atoms with Crippen molar-refractivity contribution in [2.75, 3.05) is 18.0 Å². The maximum absolute atomic E-state index is 13.3. The molecule has 3 aromatic rings. The Balaban J connectivity index is 1.37. The first-order valence-corrected chi connectivity index (χ1v) is 11.4. The van der Waals surface area contributed by atoms with E-state index in [1.165, 1.54) is 11.1 Å². The molecule has 0 bridgehead atoms. The zero-order valence-electron chi connectivity index (χ0n) is 18.6. The minimum atomic E-state index is -0.0403. The number of carbonyl (C=O) groups is 1. The molecule has 1 fully saturated rings. The molecular formula is C25H30N4O2. The van der Waals surface area contributed by atoms with Crippen LogP contribution in [0.1, 0.15) is 60.0 Å². The van der Waals surface area contributed by atoms with Crippen LogP contribution in [0.2, 0.25) is 0 Å². The SMILES string of the molecule is Cc1nc(N2CCCC(C(=O)NC3CCCc4ccccc43)C2)c2c(C)c(C)oc2n1. The van der Waals surface area contributed by atoms with Gasteiger partial charge in [-0.15, -0.1) is 0 Å². The number of furan rings is 1. The molecule has 2 unspecified atom stereocenters. The Bertz CT molecular complexity index is 1140. The molecule has 1 aromatic carbocycles. The first-order valence-electron chi connectivity index (χ1n) is 11.4. The Labute approximate surface area is 183 Å². The van der Waals surface area contributed by atoms with Gasteiger partial charge < -0.3 is 14.6 Å². The van der Waals surface area contributed by atoms with Crippen molar-refractivity contribution in [1.29, 1.82) is 0 Å². The van der Waals surface area contributed by atoms with E-state index in [0.29, 0.717) is 18.1 Å².